The Morgan fingerprint density at radius 1 is 1.31 bits per heavy atom. The van der Waals surface area contributed by atoms with Gasteiger partial charge in [0.2, 0.25) is 9.70 Å². The fourth-order valence-corrected chi connectivity index (χ4v) is 0.586. The summed E-state index contributed by atoms with van der Waals surface area (Å²) in [6.45, 7) is 5.06. The number of carbonyl (C=O) groups excluding carboxylic acids is 1. The lowest BCUT2D eigenvalue weighted by Crippen LogP contribution is -2.47. The van der Waals surface area contributed by atoms with Gasteiger partial charge in [-0.25, -0.2) is 0 Å². The molecule has 0 spiro atoms. The third kappa shape index (κ3) is 4.91. The summed E-state index contributed by atoms with van der Waals surface area (Å²) in [5.41, 5.74) is -0.628. The van der Waals surface area contributed by atoms with Gasteiger partial charge in [-0.05, 0) is 0 Å². The van der Waals surface area contributed by atoms with E-state index < -0.39 is 15.4 Å². The lowest BCUT2D eigenvalue weighted by atomic mass is 9.96. The topological polar surface area (TPSA) is 49.3 Å². The number of rotatable bonds is 1. The smallest absolute Gasteiger partial charge is 0.234 e. The van der Waals surface area contributed by atoms with Crippen LogP contribution in [-0.4, -0.2) is 21.0 Å². The van der Waals surface area contributed by atoms with Gasteiger partial charge in [0, 0.05) is 5.41 Å². The molecule has 0 bridgehead atoms. The summed E-state index contributed by atoms with van der Waals surface area (Å²) in [5.74, 6) is -0.383. The van der Waals surface area contributed by atoms with E-state index in [1.807, 2.05) is 0 Å². The number of aliphatic hydroxyl groups excluding tert-OH is 1. The summed E-state index contributed by atoms with van der Waals surface area (Å²) in [6.07, 6.45) is -1.50. The van der Waals surface area contributed by atoms with Crippen molar-refractivity contribution in [3.63, 3.8) is 0 Å². The molecule has 0 aromatic carbocycles. The molecule has 0 saturated carbocycles. The Labute approximate surface area is 92.3 Å². The molecule has 0 aromatic heterocycles. The van der Waals surface area contributed by atoms with Crippen molar-refractivity contribution in [1.82, 2.24) is 5.32 Å². The highest BCUT2D eigenvalue weighted by Gasteiger charge is 2.34. The molecule has 0 radical (unpaired) electrons. The number of aliphatic hydroxyl groups is 1. The highest BCUT2D eigenvalue weighted by atomic mass is 35.6. The number of halogens is 3. The molecule has 0 aliphatic heterocycles. The van der Waals surface area contributed by atoms with E-state index in [1.54, 1.807) is 20.8 Å². The summed E-state index contributed by atoms with van der Waals surface area (Å²) < 4.78 is -1.90. The summed E-state index contributed by atoms with van der Waals surface area (Å²) in [5, 5.41) is 11.4. The van der Waals surface area contributed by atoms with E-state index >= 15 is 0 Å². The second kappa shape index (κ2) is 4.22. The molecule has 0 aliphatic carbocycles. The second-order valence-corrected chi connectivity index (χ2v) is 6.04. The normalized spacial score (nSPS) is 15.3. The van der Waals surface area contributed by atoms with Gasteiger partial charge in [0.1, 0.15) is 0 Å². The van der Waals surface area contributed by atoms with Crippen LogP contribution in [-0.2, 0) is 4.79 Å². The molecule has 0 saturated heterocycles. The fourth-order valence-electron chi connectivity index (χ4n) is 0.423. The van der Waals surface area contributed by atoms with Crippen molar-refractivity contribution in [2.24, 2.45) is 5.41 Å². The molecule has 78 valence electrons. The summed E-state index contributed by atoms with van der Waals surface area (Å²) in [4.78, 5) is 11.3. The van der Waals surface area contributed by atoms with Gasteiger partial charge >= 0.3 is 0 Å². The minimum Gasteiger partial charge on any atom is -0.369 e. The molecule has 0 aliphatic rings. The number of hydrogen-bond donors (Lipinski definition) is 2. The maximum absolute atomic E-state index is 11.3. The first-order valence-electron chi connectivity index (χ1n) is 3.61. The molecule has 1 unspecified atom stereocenters. The minimum atomic E-state index is -1.90. The Hall–Kier alpha value is 0.300. The SMILES string of the molecule is CC(C)(C)C(=O)NC(O)C(Cl)(Cl)Cl. The van der Waals surface area contributed by atoms with Crippen LogP contribution in [0.4, 0.5) is 0 Å². The quantitative estimate of drug-likeness (QED) is 0.549. The first-order valence-corrected chi connectivity index (χ1v) is 4.74. The zero-order chi connectivity index (χ0) is 10.9. The Morgan fingerprint density at radius 2 is 1.69 bits per heavy atom. The predicted octanol–water partition coefficient (Wildman–Crippen LogP) is 1.84. The Bertz CT molecular complexity index is 195. The zero-order valence-corrected chi connectivity index (χ0v) is 9.83. The summed E-state index contributed by atoms with van der Waals surface area (Å²) >= 11 is 16.0. The molecule has 1 amide bonds. The molecule has 3 nitrogen and oxygen atoms in total. The zero-order valence-electron chi connectivity index (χ0n) is 7.57. The monoisotopic (exact) mass is 247 g/mol. The standard InChI is InChI=1S/C7H12Cl3NO2/c1-6(2,3)4(12)11-5(13)7(8,9)10/h5,13H,1-3H3,(H,11,12). The van der Waals surface area contributed by atoms with Crippen LogP contribution in [0.5, 0.6) is 0 Å². The van der Waals surface area contributed by atoms with E-state index in [-0.39, 0.29) is 5.91 Å². The molecular weight excluding hydrogens is 236 g/mol. The molecule has 2 N–H and O–H groups in total. The number of carbonyl (C=O) groups is 1. The van der Waals surface area contributed by atoms with E-state index in [1.165, 1.54) is 0 Å². The molecule has 0 fully saturated rings. The molecule has 0 heterocycles. The molecule has 0 aromatic rings. The van der Waals surface area contributed by atoms with Crippen molar-refractivity contribution in [3.8, 4) is 0 Å². The number of alkyl halides is 3. The average Bonchev–Trinajstić information content (AvgIpc) is 1.82. The fraction of sp³-hybridized carbons (Fsp3) is 0.857. The number of nitrogens with one attached hydrogen (secondary N) is 1. The van der Waals surface area contributed by atoms with E-state index in [9.17, 15) is 9.90 Å². The van der Waals surface area contributed by atoms with Crippen LogP contribution >= 0.6 is 34.8 Å². The van der Waals surface area contributed by atoms with Crippen LogP contribution in [0.2, 0.25) is 0 Å². The maximum Gasteiger partial charge on any atom is 0.234 e. The van der Waals surface area contributed by atoms with Crippen molar-refractivity contribution in [1.29, 1.82) is 0 Å². The van der Waals surface area contributed by atoms with E-state index in [2.05, 4.69) is 5.32 Å². The van der Waals surface area contributed by atoms with Crippen molar-refractivity contribution in [2.45, 2.75) is 30.8 Å². The molecule has 0 rings (SSSR count). The van der Waals surface area contributed by atoms with Crippen molar-refractivity contribution in [3.05, 3.63) is 0 Å². The minimum absolute atomic E-state index is 0.383. The molecular formula is C7H12Cl3NO2. The predicted molar refractivity (Wildman–Crippen MR) is 53.9 cm³/mol. The highest BCUT2D eigenvalue weighted by molar-refractivity contribution is 6.68. The van der Waals surface area contributed by atoms with Crippen LogP contribution < -0.4 is 5.32 Å². The second-order valence-electron chi connectivity index (χ2n) is 3.67. The van der Waals surface area contributed by atoms with Gasteiger partial charge in [-0.15, -0.1) is 0 Å². The first kappa shape index (κ1) is 13.3. The van der Waals surface area contributed by atoms with Gasteiger partial charge in [0.05, 0.1) is 0 Å². The number of hydrogen-bond acceptors (Lipinski definition) is 2. The Morgan fingerprint density at radius 3 is 1.92 bits per heavy atom. The first-order chi connectivity index (χ1) is 5.55. The third-order valence-corrected chi connectivity index (χ3v) is 1.88. The third-order valence-electron chi connectivity index (χ3n) is 1.26. The number of amides is 1. The average molecular weight is 249 g/mol. The summed E-state index contributed by atoms with van der Waals surface area (Å²) in [7, 11) is 0. The maximum atomic E-state index is 11.3. The van der Waals surface area contributed by atoms with Crippen LogP contribution in [0, 0.1) is 5.41 Å². The highest BCUT2D eigenvalue weighted by Crippen LogP contribution is 2.29. The molecule has 6 heteroatoms. The van der Waals surface area contributed by atoms with Crippen LogP contribution in [0.1, 0.15) is 20.8 Å². The van der Waals surface area contributed by atoms with Crippen LogP contribution in [0.25, 0.3) is 0 Å². The van der Waals surface area contributed by atoms with Gasteiger partial charge in [-0.1, -0.05) is 55.6 Å². The van der Waals surface area contributed by atoms with E-state index in [0.717, 1.165) is 0 Å². The van der Waals surface area contributed by atoms with Gasteiger partial charge < -0.3 is 10.4 Å². The van der Waals surface area contributed by atoms with Crippen LogP contribution in [0.3, 0.4) is 0 Å². The van der Waals surface area contributed by atoms with Gasteiger partial charge in [0.15, 0.2) is 6.23 Å². The van der Waals surface area contributed by atoms with Gasteiger partial charge in [-0.2, -0.15) is 0 Å². The lowest BCUT2D eigenvalue weighted by Gasteiger charge is -2.24. The van der Waals surface area contributed by atoms with Crippen LogP contribution in [0.15, 0.2) is 0 Å². The molecule has 13 heavy (non-hydrogen) atoms. The largest absolute Gasteiger partial charge is 0.369 e. The van der Waals surface area contributed by atoms with E-state index in [4.69, 9.17) is 34.8 Å². The lowest BCUT2D eigenvalue weighted by molar-refractivity contribution is -0.131. The van der Waals surface area contributed by atoms with E-state index in [0.29, 0.717) is 0 Å². The molecule has 1 atom stereocenters. The van der Waals surface area contributed by atoms with Gasteiger partial charge in [-0.3, -0.25) is 4.79 Å². The van der Waals surface area contributed by atoms with Crippen molar-refractivity contribution < 1.29 is 9.90 Å². The van der Waals surface area contributed by atoms with Gasteiger partial charge in [0.25, 0.3) is 0 Å². The van der Waals surface area contributed by atoms with Crippen molar-refractivity contribution in [2.75, 3.05) is 0 Å². The Kier molecular flexibility index (Phi) is 4.31. The Balaban J connectivity index is 4.24. The van der Waals surface area contributed by atoms with Crippen molar-refractivity contribution >= 4 is 40.7 Å². The summed E-state index contributed by atoms with van der Waals surface area (Å²) in [6, 6.07) is 0.